The summed E-state index contributed by atoms with van der Waals surface area (Å²) < 4.78 is 15.0. The molecule has 2 aliphatic rings. The number of anilines is 3. The van der Waals surface area contributed by atoms with Crippen molar-refractivity contribution in [3.05, 3.63) is 52.3 Å². The normalized spacial score (nSPS) is 18.7. The predicted molar refractivity (Wildman–Crippen MR) is 154 cm³/mol. The van der Waals surface area contributed by atoms with Crippen LogP contribution in [0.4, 0.5) is 21.5 Å². The molecule has 212 valence electrons. The number of rotatable bonds is 6. The molecule has 0 saturated carbocycles. The number of piperazine rings is 1. The van der Waals surface area contributed by atoms with Gasteiger partial charge in [0.1, 0.15) is 11.9 Å². The number of carbonyl (C=O) groups excluding carboxylic acids is 2. The summed E-state index contributed by atoms with van der Waals surface area (Å²) >= 11 is 12.5. The van der Waals surface area contributed by atoms with Crippen LogP contribution in [0.1, 0.15) is 47.0 Å². The van der Waals surface area contributed by atoms with Gasteiger partial charge in [0, 0.05) is 50.0 Å². The second-order valence-electron chi connectivity index (χ2n) is 11.1. The Balaban J connectivity index is 1.45. The lowest BCUT2D eigenvalue weighted by Gasteiger charge is -2.41. The van der Waals surface area contributed by atoms with E-state index >= 15 is 4.39 Å². The third-order valence-electron chi connectivity index (χ3n) is 7.24. The lowest BCUT2D eigenvalue weighted by atomic mass is 9.97. The zero-order chi connectivity index (χ0) is 28.3. The van der Waals surface area contributed by atoms with Crippen LogP contribution in [0.3, 0.4) is 0 Å². The lowest BCUT2D eigenvalue weighted by Crippen LogP contribution is -2.56. The predicted octanol–water partition coefficient (Wildman–Crippen LogP) is 6.30. The third-order valence-corrected chi connectivity index (χ3v) is 7.78. The molecule has 39 heavy (non-hydrogen) atoms. The molecular formula is C29H37Cl2FN4O3. The van der Waals surface area contributed by atoms with Gasteiger partial charge in [-0.1, -0.05) is 23.2 Å². The molecule has 4 rings (SSSR count). The Morgan fingerprint density at radius 2 is 1.74 bits per heavy atom. The van der Waals surface area contributed by atoms with Gasteiger partial charge in [0.25, 0.3) is 0 Å². The molecule has 0 unspecified atom stereocenters. The fraction of sp³-hybridized carbons (Fsp3) is 0.517. The second-order valence-corrected chi connectivity index (χ2v) is 11.9. The Hall–Kier alpha value is -2.55. The minimum atomic E-state index is -0.651. The molecule has 1 amide bonds. The van der Waals surface area contributed by atoms with E-state index < -0.39 is 11.5 Å². The zero-order valence-electron chi connectivity index (χ0n) is 23.1. The maximum absolute atomic E-state index is 15.0. The van der Waals surface area contributed by atoms with Gasteiger partial charge in [-0.2, -0.15) is 0 Å². The fourth-order valence-electron chi connectivity index (χ4n) is 4.99. The molecule has 0 bridgehead atoms. The highest BCUT2D eigenvalue weighted by Gasteiger charge is 2.37. The fourth-order valence-corrected chi connectivity index (χ4v) is 5.50. The number of nitrogens with zero attached hydrogens (tertiary/aromatic N) is 4. The Labute approximate surface area is 240 Å². The van der Waals surface area contributed by atoms with Crippen LogP contribution in [0, 0.1) is 11.2 Å². The van der Waals surface area contributed by atoms with Gasteiger partial charge in [-0.3, -0.25) is 4.79 Å². The van der Waals surface area contributed by atoms with E-state index in [-0.39, 0.29) is 17.7 Å². The topological polar surface area (TPSA) is 56.3 Å². The first-order chi connectivity index (χ1) is 18.5. The highest BCUT2D eigenvalue weighted by Crippen LogP contribution is 2.36. The first kappa shape index (κ1) is 29.4. The summed E-state index contributed by atoms with van der Waals surface area (Å²) in [6.07, 6.45) is 2.43. The second kappa shape index (κ2) is 12.3. The molecule has 2 aliphatic heterocycles. The van der Waals surface area contributed by atoms with Gasteiger partial charge < -0.3 is 19.5 Å². The minimum absolute atomic E-state index is 0.0418. The molecule has 0 spiro atoms. The van der Waals surface area contributed by atoms with E-state index in [4.69, 9.17) is 28.0 Å². The van der Waals surface area contributed by atoms with Crippen LogP contribution >= 0.6 is 23.2 Å². The molecule has 2 fully saturated rings. The molecule has 2 heterocycles. The van der Waals surface area contributed by atoms with Gasteiger partial charge >= 0.3 is 5.97 Å². The van der Waals surface area contributed by atoms with Gasteiger partial charge in [0.15, 0.2) is 0 Å². The van der Waals surface area contributed by atoms with E-state index in [9.17, 15) is 9.59 Å². The Morgan fingerprint density at radius 1 is 1.03 bits per heavy atom. The van der Waals surface area contributed by atoms with Crippen molar-refractivity contribution >= 4 is 52.1 Å². The van der Waals surface area contributed by atoms with E-state index in [0.29, 0.717) is 61.4 Å². The van der Waals surface area contributed by atoms with Crippen molar-refractivity contribution in [2.75, 3.05) is 49.1 Å². The van der Waals surface area contributed by atoms with Gasteiger partial charge in [0.2, 0.25) is 5.91 Å². The smallest absolute Gasteiger partial charge is 0.330 e. The Morgan fingerprint density at radius 3 is 2.38 bits per heavy atom. The number of carbonyl (C=O) groups is 2. The van der Waals surface area contributed by atoms with E-state index in [1.54, 1.807) is 48.9 Å². The summed E-state index contributed by atoms with van der Waals surface area (Å²) in [4.78, 5) is 37.4. The number of halogens is 3. The molecule has 0 N–H and O–H groups in total. The van der Waals surface area contributed by atoms with Crippen molar-refractivity contribution in [1.82, 2.24) is 9.96 Å². The van der Waals surface area contributed by atoms with Crippen molar-refractivity contribution < 1.29 is 18.8 Å². The summed E-state index contributed by atoms with van der Waals surface area (Å²) in [5.41, 5.74) is 1.44. The summed E-state index contributed by atoms with van der Waals surface area (Å²) in [7, 11) is 0. The number of hydrogen-bond acceptors (Lipinski definition) is 6. The molecule has 2 aromatic carbocycles. The Bertz CT molecular complexity index is 1200. The maximum atomic E-state index is 15.0. The lowest BCUT2D eigenvalue weighted by molar-refractivity contribution is -0.218. The van der Waals surface area contributed by atoms with E-state index in [0.717, 1.165) is 24.2 Å². The zero-order valence-corrected chi connectivity index (χ0v) is 24.6. The molecule has 7 nitrogen and oxygen atoms in total. The summed E-state index contributed by atoms with van der Waals surface area (Å²) in [5, 5.41) is 2.64. The van der Waals surface area contributed by atoms with Crippen molar-refractivity contribution in [3.8, 4) is 0 Å². The number of benzene rings is 2. The first-order valence-corrected chi connectivity index (χ1v) is 14.3. The van der Waals surface area contributed by atoms with Crippen LogP contribution in [0.2, 0.25) is 10.0 Å². The van der Waals surface area contributed by atoms with Crippen molar-refractivity contribution in [3.63, 3.8) is 0 Å². The highest BCUT2D eigenvalue weighted by molar-refractivity contribution is 6.36. The molecule has 0 aromatic heterocycles. The average Bonchev–Trinajstić information content (AvgIpc) is 2.90. The Kier molecular flexibility index (Phi) is 9.29. The number of amides is 1. The van der Waals surface area contributed by atoms with Crippen LogP contribution in [0.15, 0.2) is 36.4 Å². The van der Waals surface area contributed by atoms with E-state index in [1.807, 2.05) is 28.9 Å². The van der Waals surface area contributed by atoms with Gasteiger partial charge in [-0.25, -0.2) is 9.18 Å². The number of hydrogen-bond donors (Lipinski definition) is 0. The SMILES string of the molecule is CCN(c1ccc(F)c(N2CCN(C(=O)[C@H]3CCCCN3OC(=O)C(C)(C)C)CC2)c1)c1ccc(Cl)cc1Cl. The summed E-state index contributed by atoms with van der Waals surface area (Å²) in [6.45, 7) is 10.5. The number of hydroxylamine groups is 2. The number of piperidine rings is 1. The van der Waals surface area contributed by atoms with Gasteiger partial charge in [-0.15, -0.1) is 5.06 Å². The summed E-state index contributed by atoms with van der Waals surface area (Å²) in [6, 6.07) is 9.88. The van der Waals surface area contributed by atoms with Crippen molar-refractivity contribution in [2.45, 2.75) is 53.0 Å². The van der Waals surface area contributed by atoms with Crippen molar-refractivity contribution in [1.29, 1.82) is 0 Å². The average molecular weight is 580 g/mol. The van der Waals surface area contributed by atoms with Crippen LogP contribution in [0.25, 0.3) is 0 Å². The summed E-state index contributed by atoms with van der Waals surface area (Å²) in [5.74, 6) is -0.701. The largest absolute Gasteiger partial charge is 0.367 e. The van der Waals surface area contributed by atoms with Crippen molar-refractivity contribution in [2.24, 2.45) is 5.41 Å². The van der Waals surface area contributed by atoms with E-state index in [1.165, 1.54) is 6.07 Å². The van der Waals surface area contributed by atoms with Crippen LogP contribution < -0.4 is 9.80 Å². The highest BCUT2D eigenvalue weighted by atomic mass is 35.5. The molecule has 0 radical (unpaired) electrons. The maximum Gasteiger partial charge on any atom is 0.330 e. The van der Waals surface area contributed by atoms with Gasteiger partial charge in [-0.05, 0) is 83.4 Å². The quantitative estimate of drug-likeness (QED) is 0.401. The molecule has 10 heteroatoms. The monoisotopic (exact) mass is 578 g/mol. The van der Waals surface area contributed by atoms with Crippen LogP contribution in [-0.2, 0) is 14.4 Å². The molecule has 1 atom stereocenters. The third kappa shape index (κ3) is 6.79. The molecule has 2 saturated heterocycles. The van der Waals surface area contributed by atoms with E-state index in [2.05, 4.69) is 0 Å². The molecule has 0 aliphatic carbocycles. The minimum Gasteiger partial charge on any atom is -0.367 e. The van der Waals surface area contributed by atoms with Crippen LogP contribution in [0.5, 0.6) is 0 Å². The standard InChI is InChI=1S/C29H37Cl2FN4O3/c1-5-35(24-12-9-20(30)18-22(24)31)21-10-11-23(32)26(19-21)33-14-16-34(17-15-33)27(37)25-8-6-7-13-36(25)39-28(38)29(2,3)4/h9-12,18-19,25H,5-8,13-17H2,1-4H3/t25-/m1/s1. The van der Waals surface area contributed by atoms with Gasteiger partial charge in [0.05, 0.1) is 21.8 Å². The molecular weight excluding hydrogens is 542 g/mol. The molecule has 2 aromatic rings. The first-order valence-electron chi connectivity index (χ1n) is 13.5. The van der Waals surface area contributed by atoms with Crippen LogP contribution in [-0.4, -0.2) is 67.1 Å².